The van der Waals surface area contributed by atoms with Gasteiger partial charge in [-0.1, -0.05) is 23.9 Å². The summed E-state index contributed by atoms with van der Waals surface area (Å²) in [5.41, 5.74) is 1.57. The van der Waals surface area contributed by atoms with E-state index in [0.29, 0.717) is 36.7 Å². The first-order valence-corrected chi connectivity index (χ1v) is 8.93. The van der Waals surface area contributed by atoms with Gasteiger partial charge in [0, 0.05) is 5.56 Å². The molecule has 0 bridgehead atoms. The smallest absolute Gasteiger partial charge is 0.286 e. The highest BCUT2D eigenvalue weighted by Gasteiger charge is 2.31. The molecule has 2 aromatic carbocycles. The summed E-state index contributed by atoms with van der Waals surface area (Å²) in [6.45, 7) is 0.757. The number of benzene rings is 2. The summed E-state index contributed by atoms with van der Waals surface area (Å²) in [7, 11) is 0. The Bertz CT molecular complexity index is 789. The lowest BCUT2D eigenvalue weighted by molar-refractivity contribution is -0.118. The second-order valence-corrected chi connectivity index (χ2v) is 6.79. The van der Waals surface area contributed by atoms with Gasteiger partial charge < -0.3 is 9.47 Å². The Hall–Kier alpha value is -2.80. The van der Waals surface area contributed by atoms with Gasteiger partial charge in [-0.25, -0.2) is 0 Å². The largest absolute Gasteiger partial charge is 0.490 e. The van der Waals surface area contributed by atoms with Crippen molar-refractivity contribution >= 4 is 29.2 Å². The second kappa shape index (κ2) is 8.53. The third kappa shape index (κ3) is 4.86. The normalized spacial score (nSPS) is 16.2. The van der Waals surface area contributed by atoms with Gasteiger partial charge in [0.2, 0.25) is 5.91 Å². The summed E-state index contributed by atoms with van der Waals surface area (Å²) < 4.78 is 11.2. The predicted octanol–water partition coefficient (Wildman–Crippen LogP) is 2.85. The summed E-state index contributed by atoms with van der Waals surface area (Å²) in [5, 5.41) is 1.62. The lowest BCUT2D eigenvalue weighted by Gasteiger charge is -2.10. The highest BCUT2D eigenvalue weighted by atomic mass is 32.2. The molecule has 0 spiro atoms. The molecule has 26 heavy (non-hydrogen) atoms. The molecule has 3 rings (SSSR count). The van der Waals surface area contributed by atoms with Crippen LogP contribution in [-0.2, 0) is 11.2 Å². The van der Waals surface area contributed by atoms with Gasteiger partial charge in [-0.05, 0) is 48.4 Å². The number of ether oxygens (including phenoxy) is 2. The lowest BCUT2D eigenvalue weighted by Crippen LogP contribution is -2.25. The fourth-order valence-electron chi connectivity index (χ4n) is 2.43. The minimum atomic E-state index is -0.367. The number of carbonyl (C=O) groups is 3. The molecule has 1 fully saturated rings. The molecule has 1 N–H and O–H groups in total. The molecule has 1 aliphatic heterocycles. The minimum Gasteiger partial charge on any atom is -0.490 e. The Morgan fingerprint density at radius 2 is 1.50 bits per heavy atom. The van der Waals surface area contributed by atoms with Crippen LogP contribution < -0.4 is 14.8 Å². The molecule has 1 aliphatic rings. The average molecular weight is 371 g/mol. The Labute approximate surface area is 154 Å². The van der Waals surface area contributed by atoms with Gasteiger partial charge in [0.05, 0.1) is 5.25 Å². The second-order valence-electron chi connectivity index (χ2n) is 5.62. The van der Waals surface area contributed by atoms with E-state index in [4.69, 9.17) is 9.47 Å². The molecule has 0 aliphatic carbocycles. The van der Waals surface area contributed by atoms with Gasteiger partial charge in [0.15, 0.2) is 0 Å². The van der Waals surface area contributed by atoms with Crippen molar-refractivity contribution in [3.05, 3.63) is 59.7 Å². The molecule has 1 saturated heterocycles. The van der Waals surface area contributed by atoms with E-state index in [1.807, 2.05) is 24.3 Å². The van der Waals surface area contributed by atoms with Gasteiger partial charge in [-0.3, -0.25) is 19.7 Å². The average Bonchev–Trinajstić information content (AvgIpc) is 2.97. The van der Waals surface area contributed by atoms with Crippen LogP contribution in [0.1, 0.15) is 15.9 Å². The van der Waals surface area contributed by atoms with Crippen molar-refractivity contribution in [1.82, 2.24) is 5.32 Å². The number of thioether (sulfide) groups is 1. The number of rotatable bonds is 8. The number of hydrogen-bond donors (Lipinski definition) is 1. The van der Waals surface area contributed by atoms with E-state index in [1.54, 1.807) is 24.3 Å². The maximum absolute atomic E-state index is 11.6. The van der Waals surface area contributed by atoms with Crippen LogP contribution in [0.25, 0.3) is 0 Å². The topological polar surface area (TPSA) is 81.7 Å². The number of amides is 2. The van der Waals surface area contributed by atoms with Crippen LogP contribution in [-0.4, -0.2) is 35.9 Å². The first kappa shape index (κ1) is 18.0. The number of aldehydes is 1. The molecule has 6 nitrogen and oxygen atoms in total. The van der Waals surface area contributed by atoms with E-state index in [2.05, 4.69) is 5.32 Å². The zero-order valence-corrected chi connectivity index (χ0v) is 14.7. The van der Waals surface area contributed by atoms with Crippen molar-refractivity contribution in [2.75, 3.05) is 13.2 Å². The molecule has 2 amide bonds. The first-order valence-electron chi connectivity index (χ1n) is 8.05. The van der Waals surface area contributed by atoms with Crippen molar-refractivity contribution in [3.8, 4) is 11.5 Å². The number of nitrogens with one attached hydrogen (secondary N) is 1. The Kier molecular flexibility index (Phi) is 5.91. The quantitative estimate of drug-likeness (QED) is 0.568. The van der Waals surface area contributed by atoms with Gasteiger partial charge in [0.1, 0.15) is 31.0 Å². The summed E-state index contributed by atoms with van der Waals surface area (Å²) in [6.07, 6.45) is 1.29. The molecule has 0 aromatic heterocycles. The highest BCUT2D eigenvalue weighted by molar-refractivity contribution is 8.15. The number of imide groups is 1. The van der Waals surface area contributed by atoms with E-state index >= 15 is 0 Å². The first-order chi connectivity index (χ1) is 12.6. The van der Waals surface area contributed by atoms with E-state index in [1.165, 1.54) is 0 Å². The van der Waals surface area contributed by atoms with Crippen LogP contribution in [0, 0.1) is 0 Å². The Morgan fingerprint density at radius 3 is 2.00 bits per heavy atom. The minimum absolute atomic E-state index is 0.237. The summed E-state index contributed by atoms with van der Waals surface area (Å²) in [4.78, 5) is 33.3. The molecular weight excluding hydrogens is 354 g/mol. The Morgan fingerprint density at radius 1 is 0.923 bits per heavy atom. The van der Waals surface area contributed by atoms with E-state index in [0.717, 1.165) is 23.6 Å². The molecule has 1 unspecified atom stereocenters. The van der Waals surface area contributed by atoms with Gasteiger partial charge in [-0.2, -0.15) is 0 Å². The molecular formula is C19H17NO5S. The monoisotopic (exact) mass is 371 g/mol. The molecule has 1 heterocycles. The number of carbonyl (C=O) groups excluding carboxylic acids is 3. The fraction of sp³-hybridized carbons (Fsp3) is 0.211. The van der Waals surface area contributed by atoms with Crippen LogP contribution >= 0.6 is 11.8 Å². The highest BCUT2D eigenvalue weighted by Crippen LogP contribution is 2.23. The predicted molar refractivity (Wildman–Crippen MR) is 97.9 cm³/mol. The molecule has 0 radical (unpaired) electrons. The summed E-state index contributed by atoms with van der Waals surface area (Å²) >= 11 is 1.02. The van der Waals surface area contributed by atoms with Crippen molar-refractivity contribution in [2.24, 2.45) is 0 Å². The summed E-state index contributed by atoms with van der Waals surface area (Å²) in [5.74, 6) is 1.14. The zero-order valence-electron chi connectivity index (χ0n) is 13.8. The van der Waals surface area contributed by atoms with Crippen molar-refractivity contribution in [3.63, 3.8) is 0 Å². The van der Waals surface area contributed by atoms with Crippen LogP contribution in [0.15, 0.2) is 48.5 Å². The fourth-order valence-corrected chi connectivity index (χ4v) is 3.28. The van der Waals surface area contributed by atoms with E-state index in [-0.39, 0.29) is 16.4 Å². The van der Waals surface area contributed by atoms with Gasteiger partial charge in [0.25, 0.3) is 5.24 Å². The maximum atomic E-state index is 11.6. The maximum Gasteiger partial charge on any atom is 0.286 e. The van der Waals surface area contributed by atoms with E-state index in [9.17, 15) is 14.4 Å². The van der Waals surface area contributed by atoms with Crippen molar-refractivity contribution in [1.29, 1.82) is 0 Å². The Balaban J connectivity index is 1.42. The summed E-state index contributed by atoms with van der Waals surface area (Å²) in [6, 6.07) is 14.3. The zero-order chi connectivity index (χ0) is 18.4. The molecule has 7 heteroatoms. The third-order valence-electron chi connectivity index (χ3n) is 3.75. The molecule has 134 valence electrons. The number of hydrogen-bond acceptors (Lipinski definition) is 6. The standard InChI is InChI=1S/C19H17NO5S/c21-12-14-3-7-16(8-4-14)25-10-9-24-15-5-1-13(2-6-15)11-17-18(22)20-19(23)26-17/h1-8,12,17H,9-11H2,(H,20,22,23). The van der Waals surface area contributed by atoms with Crippen LogP contribution in [0.5, 0.6) is 11.5 Å². The molecule has 2 aromatic rings. The van der Waals surface area contributed by atoms with Crippen molar-refractivity contribution in [2.45, 2.75) is 11.7 Å². The van der Waals surface area contributed by atoms with Crippen LogP contribution in [0.3, 0.4) is 0 Å². The van der Waals surface area contributed by atoms with Crippen LogP contribution in [0.2, 0.25) is 0 Å². The van der Waals surface area contributed by atoms with Crippen molar-refractivity contribution < 1.29 is 23.9 Å². The molecule has 0 saturated carbocycles. The molecule has 1 atom stereocenters. The SMILES string of the molecule is O=Cc1ccc(OCCOc2ccc(CC3SC(=O)NC3=O)cc2)cc1. The van der Waals surface area contributed by atoms with Gasteiger partial charge >= 0.3 is 0 Å². The van der Waals surface area contributed by atoms with Crippen LogP contribution in [0.4, 0.5) is 4.79 Å². The third-order valence-corrected chi connectivity index (χ3v) is 4.73. The lowest BCUT2D eigenvalue weighted by atomic mass is 10.1. The van der Waals surface area contributed by atoms with Gasteiger partial charge in [-0.15, -0.1) is 0 Å². The van der Waals surface area contributed by atoms with E-state index < -0.39 is 0 Å².